The van der Waals surface area contributed by atoms with E-state index in [0.717, 1.165) is 34.0 Å². The maximum atomic E-state index is 7.13. The third-order valence-corrected chi connectivity index (χ3v) is 3.64. The number of nitrogens with zero attached hydrogens (tertiary/aromatic N) is 6. The van der Waals surface area contributed by atoms with Gasteiger partial charge in [0.15, 0.2) is 0 Å². The predicted octanol–water partition coefficient (Wildman–Crippen LogP) is 5.58. The molecule has 0 atom stereocenters. The molecule has 1 radical (unpaired) electrons. The first-order valence-corrected chi connectivity index (χ1v) is 9.34. The molecule has 0 aliphatic rings. The van der Waals surface area contributed by atoms with Crippen molar-refractivity contribution in [2.45, 2.75) is 0 Å². The van der Waals surface area contributed by atoms with Gasteiger partial charge in [0.2, 0.25) is 0 Å². The van der Waals surface area contributed by atoms with Crippen molar-refractivity contribution in [2.75, 3.05) is 0 Å². The molecule has 0 aliphatic carbocycles. The van der Waals surface area contributed by atoms with E-state index < -0.39 is 0 Å². The summed E-state index contributed by atoms with van der Waals surface area (Å²) in [6, 6.07) is 21.5. The zero-order chi connectivity index (χ0) is 21.6. The van der Waals surface area contributed by atoms with Gasteiger partial charge < -0.3 is 10.8 Å². The van der Waals surface area contributed by atoms with E-state index in [4.69, 9.17) is 15.8 Å². The van der Waals surface area contributed by atoms with Crippen molar-refractivity contribution in [3.05, 3.63) is 96.1 Å². The quantitative estimate of drug-likeness (QED) is 0.211. The van der Waals surface area contributed by atoms with Crippen LogP contribution in [0, 0.1) is 0 Å². The van der Waals surface area contributed by atoms with E-state index in [1.165, 1.54) is 10.3 Å². The van der Waals surface area contributed by atoms with Gasteiger partial charge in [0.25, 0.3) is 0 Å². The van der Waals surface area contributed by atoms with Crippen molar-refractivity contribution in [3.63, 3.8) is 0 Å². The van der Waals surface area contributed by atoms with Crippen LogP contribution in [0.2, 0.25) is 0 Å². The van der Waals surface area contributed by atoms with E-state index in [1.54, 1.807) is 18.6 Å². The van der Waals surface area contributed by atoms with E-state index in [9.17, 15) is 0 Å². The van der Waals surface area contributed by atoms with Gasteiger partial charge in [-0.15, -0.1) is 0 Å². The van der Waals surface area contributed by atoms with Crippen molar-refractivity contribution in [2.24, 2.45) is 0 Å². The van der Waals surface area contributed by atoms with Crippen LogP contribution in [-0.2, 0) is 17.1 Å². The Kier molecular flexibility index (Phi) is 12.2. The molecule has 0 aliphatic heterocycles. The number of aromatic nitrogens is 4. The Bertz CT molecular complexity index is 979. The zero-order valence-corrected chi connectivity index (χ0v) is 18.5. The molecule has 0 bridgehead atoms. The van der Waals surface area contributed by atoms with Crippen LogP contribution in [0.4, 0.5) is 0 Å². The monoisotopic (exact) mass is 489 g/mol. The largest absolute Gasteiger partial charge is 2.00 e. The summed E-state index contributed by atoms with van der Waals surface area (Å²) in [5.74, 6) is 0. The molecular weight excluding hydrogens is 476 g/mol. The van der Waals surface area contributed by atoms with E-state index in [2.05, 4.69) is 39.4 Å². The van der Waals surface area contributed by atoms with Gasteiger partial charge in [0.05, 0.1) is 28.5 Å². The standard InChI is InChI=1S/C20H14N4.2CNS.Cu/c1-4-10-21-16(7-1)15-13-19(17-8-2-5-11-22-17)24-20(14-15)18-9-3-6-12-23-18;2*2-1-3;/h1-14H;;;/q;2*-1;+2. The fourth-order valence-corrected chi connectivity index (χ4v) is 2.50. The van der Waals surface area contributed by atoms with Crippen LogP contribution in [0.5, 0.6) is 0 Å². The van der Waals surface area contributed by atoms with Crippen LogP contribution in [0.25, 0.3) is 44.9 Å². The molecule has 0 unspecified atom stereocenters. The van der Waals surface area contributed by atoms with Crippen LogP contribution in [0.1, 0.15) is 0 Å². The van der Waals surface area contributed by atoms with Crippen molar-refractivity contribution in [3.8, 4) is 34.0 Å². The minimum absolute atomic E-state index is 0. The molecule has 9 heteroatoms. The Hall–Kier alpha value is -3.28. The second-order valence-corrected chi connectivity index (χ2v) is 5.82. The van der Waals surface area contributed by atoms with Crippen LogP contribution in [0.3, 0.4) is 0 Å². The molecule has 4 rings (SSSR count). The van der Waals surface area contributed by atoms with E-state index in [1.807, 2.05) is 66.7 Å². The molecule has 0 saturated carbocycles. The van der Waals surface area contributed by atoms with Crippen molar-refractivity contribution in [1.82, 2.24) is 19.9 Å². The molecule has 0 aromatic carbocycles. The van der Waals surface area contributed by atoms with Crippen molar-refractivity contribution >= 4 is 34.8 Å². The van der Waals surface area contributed by atoms with Gasteiger partial charge in [0, 0.05) is 24.2 Å². The van der Waals surface area contributed by atoms with Crippen molar-refractivity contribution in [1.29, 1.82) is 0 Å². The summed E-state index contributed by atoms with van der Waals surface area (Å²) in [5, 5.41) is 16.9. The zero-order valence-electron chi connectivity index (χ0n) is 15.9. The number of isothiocyanates is 2. The van der Waals surface area contributed by atoms with Crippen LogP contribution in [-0.4, -0.2) is 30.3 Å². The van der Waals surface area contributed by atoms with E-state index >= 15 is 0 Å². The average Bonchev–Trinajstić information content (AvgIpc) is 2.82. The summed E-state index contributed by atoms with van der Waals surface area (Å²) in [7, 11) is 0. The molecule has 0 saturated heterocycles. The molecule has 31 heavy (non-hydrogen) atoms. The summed E-state index contributed by atoms with van der Waals surface area (Å²) in [6.07, 6.45) is 5.33. The first-order chi connectivity index (χ1) is 14.7. The van der Waals surface area contributed by atoms with Gasteiger partial charge in [-0.3, -0.25) is 15.0 Å². The third kappa shape index (κ3) is 8.16. The number of hydrogen-bond donors (Lipinski definition) is 0. The van der Waals surface area contributed by atoms with Gasteiger partial charge in [-0.2, -0.15) is 10.3 Å². The second kappa shape index (κ2) is 14.7. The van der Waals surface area contributed by atoms with Crippen LogP contribution < -0.4 is 0 Å². The number of pyridine rings is 4. The predicted molar refractivity (Wildman–Crippen MR) is 126 cm³/mol. The Morgan fingerprint density at radius 2 is 0.935 bits per heavy atom. The molecular formula is C22H14CuN6S2. The summed E-state index contributed by atoms with van der Waals surface area (Å²) >= 11 is 7.40. The maximum absolute atomic E-state index is 7.13. The second-order valence-electron chi connectivity index (χ2n) is 5.45. The Morgan fingerprint density at radius 1 is 0.581 bits per heavy atom. The van der Waals surface area contributed by atoms with Crippen molar-refractivity contribution < 1.29 is 17.1 Å². The summed E-state index contributed by atoms with van der Waals surface area (Å²) in [4.78, 5) is 18.0. The summed E-state index contributed by atoms with van der Waals surface area (Å²) in [6.45, 7) is 0. The van der Waals surface area contributed by atoms with E-state index in [0.29, 0.717) is 0 Å². The topological polar surface area (TPSA) is 96.2 Å². The average molecular weight is 490 g/mol. The van der Waals surface area contributed by atoms with Gasteiger partial charge >= 0.3 is 17.1 Å². The molecule has 6 nitrogen and oxygen atoms in total. The van der Waals surface area contributed by atoms with E-state index in [-0.39, 0.29) is 17.1 Å². The Labute approximate surface area is 201 Å². The molecule has 4 heterocycles. The summed E-state index contributed by atoms with van der Waals surface area (Å²) < 4.78 is 0. The number of hydrogen-bond acceptors (Lipinski definition) is 6. The minimum atomic E-state index is 0. The molecule has 0 fully saturated rings. The van der Waals surface area contributed by atoms with Gasteiger partial charge in [-0.25, -0.2) is 4.98 Å². The smallest absolute Gasteiger partial charge is 0.753 e. The fourth-order valence-electron chi connectivity index (χ4n) is 2.50. The van der Waals surface area contributed by atoms with Crippen LogP contribution in [0.15, 0.2) is 85.3 Å². The first-order valence-electron chi connectivity index (χ1n) is 8.52. The van der Waals surface area contributed by atoms with Gasteiger partial charge in [0.1, 0.15) is 0 Å². The van der Waals surface area contributed by atoms with Gasteiger partial charge in [-0.1, -0.05) is 42.6 Å². The molecule has 4 aromatic rings. The van der Waals surface area contributed by atoms with Gasteiger partial charge in [-0.05, 0) is 48.5 Å². The molecule has 0 N–H and O–H groups in total. The van der Waals surface area contributed by atoms with Crippen LogP contribution >= 0.6 is 24.4 Å². The third-order valence-electron chi connectivity index (χ3n) is 3.64. The summed E-state index contributed by atoms with van der Waals surface area (Å²) in [5.41, 5.74) is 5.15. The Morgan fingerprint density at radius 3 is 1.26 bits per heavy atom. The molecule has 155 valence electrons. The number of thiocarbonyl (C=S) groups is 2. The molecule has 0 amide bonds. The normalized spacial score (nSPS) is 8.65. The number of rotatable bonds is 3. The maximum Gasteiger partial charge on any atom is 2.00 e. The minimum Gasteiger partial charge on any atom is -0.753 e. The fraction of sp³-hybridized carbons (Fsp3) is 0. The first kappa shape index (κ1) is 25.8. The molecule has 0 spiro atoms. The Balaban J connectivity index is 0.000000620. The SMILES string of the molecule is [Cu+2].[N-]=C=S.[N-]=C=S.c1ccc(-c2cc(-c3ccccn3)nc(-c3ccccn3)c2)nc1. The molecule has 4 aromatic heterocycles.